The van der Waals surface area contributed by atoms with Gasteiger partial charge in [0.25, 0.3) is 0 Å². The van der Waals surface area contributed by atoms with Gasteiger partial charge in [0.05, 0.1) is 0 Å². The maximum Gasteiger partial charge on any atom is 0.323 e. The molecule has 2 aliphatic rings. The lowest BCUT2D eigenvalue weighted by Gasteiger charge is -2.20. The molecular formula is C15H15F2NO3. The fraction of sp³-hybridized carbons (Fsp3) is 0.467. The van der Waals surface area contributed by atoms with E-state index >= 15 is 0 Å². The Morgan fingerprint density at radius 3 is 2.38 bits per heavy atom. The number of carboxylic acids is 1. The van der Waals surface area contributed by atoms with E-state index < -0.39 is 29.4 Å². The van der Waals surface area contributed by atoms with Gasteiger partial charge in [-0.15, -0.1) is 0 Å². The Balaban J connectivity index is 1.74. The zero-order valence-electron chi connectivity index (χ0n) is 11.3. The third kappa shape index (κ3) is 2.75. The lowest BCUT2D eigenvalue weighted by Crippen LogP contribution is -2.38. The molecule has 0 heterocycles. The molecule has 2 atom stereocenters. The number of carbonyl (C=O) groups excluding carboxylic acids is 1. The highest BCUT2D eigenvalue weighted by Gasteiger charge is 2.50. The Morgan fingerprint density at radius 2 is 1.86 bits per heavy atom. The van der Waals surface area contributed by atoms with E-state index in [4.69, 9.17) is 5.11 Å². The minimum Gasteiger partial charge on any atom is -0.480 e. The Morgan fingerprint density at radius 1 is 1.24 bits per heavy atom. The van der Waals surface area contributed by atoms with Crippen molar-refractivity contribution < 1.29 is 23.5 Å². The molecule has 0 aromatic heterocycles. The van der Waals surface area contributed by atoms with E-state index in [1.807, 2.05) is 0 Å². The second-order valence-corrected chi connectivity index (χ2v) is 5.68. The molecule has 112 valence electrons. The summed E-state index contributed by atoms with van der Waals surface area (Å²) in [5, 5.41) is 8.87. The van der Waals surface area contributed by atoms with Gasteiger partial charge in [-0.1, -0.05) is 6.07 Å². The molecule has 3 rings (SSSR count). The SMILES string of the molecule is O=C(O)CN(C(=O)C1CC1c1c(F)cccc1F)C1CC1. The number of rotatable bonds is 5. The van der Waals surface area contributed by atoms with Crippen molar-refractivity contribution in [2.24, 2.45) is 5.92 Å². The van der Waals surface area contributed by atoms with Crippen LogP contribution in [0.25, 0.3) is 0 Å². The molecule has 4 nitrogen and oxygen atoms in total. The quantitative estimate of drug-likeness (QED) is 0.905. The lowest BCUT2D eigenvalue weighted by atomic mass is 10.1. The summed E-state index contributed by atoms with van der Waals surface area (Å²) in [6.45, 7) is -0.341. The van der Waals surface area contributed by atoms with Crippen molar-refractivity contribution in [2.75, 3.05) is 6.54 Å². The van der Waals surface area contributed by atoms with Crippen LogP contribution >= 0.6 is 0 Å². The van der Waals surface area contributed by atoms with Gasteiger partial charge in [-0.25, -0.2) is 8.78 Å². The van der Waals surface area contributed by atoms with E-state index in [1.165, 1.54) is 23.1 Å². The molecule has 0 spiro atoms. The Hall–Kier alpha value is -1.98. The first kappa shape index (κ1) is 14.0. The number of hydrogen-bond donors (Lipinski definition) is 1. The van der Waals surface area contributed by atoms with Crippen LogP contribution in [-0.2, 0) is 9.59 Å². The number of halogens is 2. The van der Waals surface area contributed by atoms with Crippen LogP contribution in [0.15, 0.2) is 18.2 Å². The number of benzene rings is 1. The Kier molecular flexibility index (Phi) is 3.39. The summed E-state index contributed by atoms with van der Waals surface area (Å²) < 4.78 is 27.4. The molecule has 6 heteroatoms. The second-order valence-electron chi connectivity index (χ2n) is 5.68. The van der Waals surface area contributed by atoms with E-state index in [0.717, 1.165) is 12.8 Å². The first-order valence-electron chi connectivity index (χ1n) is 6.95. The maximum absolute atomic E-state index is 13.7. The van der Waals surface area contributed by atoms with Crippen LogP contribution < -0.4 is 0 Å². The van der Waals surface area contributed by atoms with E-state index in [0.29, 0.717) is 6.42 Å². The molecule has 1 amide bonds. The van der Waals surface area contributed by atoms with Crippen LogP contribution in [0.5, 0.6) is 0 Å². The number of aliphatic carboxylic acids is 1. The fourth-order valence-corrected chi connectivity index (χ4v) is 2.78. The fourth-order valence-electron chi connectivity index (χ4n) is 2.78. The largest absolute Gasteiger partial charge is 0.480 e. The topological polar surface area (TPSA) is 57.6 Å². The van der Waals surface area contributed by atoms with Gasteiger partial charge in [0.1, 0.15) is 18.2 Å². The van der Waals surface area contributed by atoms with Crippen molar-refractivity contribution >= 4 is 11.9 Å². The molecule has 2 aliphatic carbocycles. The molecule has 2 fully saturated rings. The monoisotopic (exact) mass is 295 g/mol. The molecule has 2 unspecified atom stereocenters. The average molecular weight is 295 g/mol. The summed E-state index contributed by atoms with van der Waals surface area (Å²) in [5.41, 5.74) is -0.0538. The number of carboxylic acid groups (broad SMARTS) is 1. The molecule has 0 saturated heterocycles. The van der Waals surface area contributed by atoms with Crippen LogP contribution in [0.3, 0.4) is 0 Å². The van der Waals surface area contributed by atoms with E-state index in [2.05, 4.69) is 0 Å². The van der Waals surface area contributed by atoms with Gasteiger partial charge in [0.15, 0.2) is 0 Å². The molecule has 1 aromatic carbocycles. The summed E-state index contributed by atoms with van der Waals surface area (Å²) in [5.74, 6) is -3.64. The van der Waals surface area contributed by atoms with Crippen LogP contribution in [0.2, 0.25) is 0 Å². The first-order valence-corrected chi connectivity index (χ1v) is 6.95. The van der Waals surface area contributed by atoms with E-state index in [-0.39, 0.29) is 24.1 Å². The van der Waals surface area contributed by atoms with Crippen LogP contribution in [0, 0.1) is 17.6 Å². The average Bonchev–Trinajstić information content (AvgIpc) is 3.28. The van der Waals surface area contributed by atoms with Gasteiger partial charge in [-0.2, -0.15) is 0 Å². The van der Waals surface area contributed by atoms with E-state index in [1.54, 1.807) is 0 Å². The molecule has 1 N–H and O–H groups in total. The van der Waals surface area contributed by atoms with Gasteiger partial charge in [-0.05, 0) is 31.4 Å². The van der Waals surface area contributed by atoms with Crippen molar-refractivity contribution in [1.82, 2.24) is 4.90 Å². The van der Waals surface area contributed by atoms with Crippen LogP contribution in [0.4, 0.5) is 8.78 Å². The summed E-state index contributed by atoms with van der Waals surface area (Å²) in [6.07, 6.45) is 1.97. The lowest BCUT2D eigenvalue weighted by molar-refractivity contribution is -0.145. The van der Waals surface area contributed by atoms with Gasteiger partial charge >= 0.3 is 5.97 Å². The number of nitrogens with zero attached hydrogens (tertiary/aromatic N) is 1. The summed E-state index contributed by atoms with van der Waals surface area (Å²) >= 11 is 0. The van der Waals surface area contributed by atoms with Gasteiger partial charge in [0.2, 0.25) is 5.91 Å². The predicted molar refractivity (Wildman–Crippen MR) is 69.6 cm³/mol. The van der Waals surface area contributed by atoms with E-state index in [9.17, 15) is 18.4 Å². The van der Waals surface area contributed by atoms with Crippen LogP contribution in [0.1, 0.15) is 30.7 Å². The first-order chi connectivity index (χ1) is 9.99. The smallest absolute Gasteiger partial charge is 0.323 e. The molecule has 0 radical (unpaired) electrons. The summed E-state index contributed by atoms with van der Waals surface area (Å²) in [6, 6.07) is 3.61. The molecule has 0 aliphatic heterocycles. The normalized spacial score (nSPS) is 23.7. The van der Waals surface area contributed by atoms with Gasteiger partial charge < -0.3 is 10.0 Å². The van der Waals surface area contributed by atoms with Crippen molar-refractivity contribution in [3.63, 3.8) is 0 Å². The maximum atomic E-state index is 13.7. The third-order valence-corrected chi connectivity index (χ3v) is 4.05. The second kappa shape index (κ2) is 5.09. The zero-order chi connectivity index (χ0) is 15.1. The van der Waals surface area contributed by atoms with Crippen molar-refractivity contribution in [3.05, 3.63) is 35.4 Å². The Labute approximate surface area is 120 Å². The highest BCUT2D eigenvalue weighted by atomic mass is 19.1. The highest BCUT2D eigenvalue weighted by Crippen LogP contribution is 2.50. The molecular weight excluding hydrogens is 280 g/mol. The summed E-state index contributed by atoms with van der Waals surface area (Å²) in [4.78, 5) is 24.5. The zero-order valence-corrected chi connectivity index (χ0v) is 11.3. The standard InChI is InChI=1S/C15H15F2NO3/c16-11-2-1-3-12(17)14(11)9-6-10(9)15(21)18(7-13(19)20)8-4-5-8/h1-3,8-10H,4-7H2,(H,19,20). The molecule has 0 bridgehead atoms. The van der Waals surface area contributed by atoms with Crippen molar-refractivity contribution in [2.45, 2.75) is 31.2 Å². The van der Waals surface area contributed by atoms with Crippen molar-refractivity contribution in [3.8, 4) is 0 Å². The molecule has 21 heavy (non-hydrogen) atoms. The third-order valence-electron chi connectivity index (χ3n) is 4.05. The van der Waals surface area contributed by atoms with Gasteiger partial charge in [-0.3, -0.25) is 9.59 Å². The minimum atomic E-state index is -1.07. The molecule has 1 aromatic rings. The van der Waals surface area contributed by atoms with Crippen LogP contribution in [-0.4, -0.2) is 34.5 Å². The number of hydrogen-bond acceptors (Lipinski definition) is 2. The highest BCUT2D eigenvalue weighted by molar-refractivity contribution is 5.86. The predicted octanol–water partition coefficient (Wildman–Crippen LogP) is 2.14. The molecule has 2 saturated carbocycles. The summed E-state index contributed by atoms with van der Waals surface area (Å²) in [7, 11) is 0. The van der Waals surface area contributed by atoms with Gasteiger partial charge in [0, 0.05) is 23.4 Å². The van der Waals surface area contributed by atoms with Crippen molar-refractivity contribution in [1.29, 1.82) is 0 Å². The Bertz CT molecular complexity index is 580. The minimum absolute atomic E-state index is 0.0275. The number of carbonyl (C=O) groups is 2. The number of amides is 1.